The third-order valence-electron chi connectivity index (χ3n) is 15.4. The van der Waals surface area contributed by atoms with E-state index in [-0.39, 0.29) is 78.6 Å². The summed E-state index contributed by atoms with van der Waals surface area (Å²) in [7, 11) is 0. The van der Waals surface area contributed by atoms with Gasteiger partial charge in [-0.1, -0.05) is 268 Å². The van der Waals surface area contributed by atoms with Crippen molar-refractivity contribution in [3.63, 3.8) is 0 Å². The minimum atomic E-state index is 0. The van der Waals surface area contributed by atoms with Gasteiger partial charge in [-0.25, -0.2) is 0 Å². The molecule has 6 heterocycles. The maximum Gasteiger partial charge on any atom is 0.155 e. The van der Waals surface area contributed by atoms with Crippen LogP contribution in [0.25, 0.3) is 43.3 Å². The number of piperazine rings is 3. The number of fused-ring (bicyclic) bond motifs is 3. The summed E-state index contributed by atoms with van der Waals surface area (Å²) >= 11 is 0. The minimum absolute atomic E-state index is 0. The zero-order valence-electron chi connectivity index (χ0n) is 72.6. The Kier molecular flexibility index (Phi) is 84.0. The smallest absolute Gasteiger partial charge is 0.155 e. The number of carbonyl (C=O) groups excluding carboxylic acids is 2. The Morgan fingerprint density at radius 1 is 0.387 bits per heavy atom. The number of rotatable bonds is 4. The van der Waals surface area contributed by atoms with E-state index in [4.69, 9.17) is 0 Å². The number of Topliss-reactive ketones (excluding diaryl/α,β-unsaturated/α-hetero) is 1. The first-order valence-electron chi connectivity index (χ1n) is 40.9. The summed E-state index contributed by atoms with van der Waals surface area (Å²) in [6.07, 6.45) is 13.4. The number of benzene rings is 7. The normalized spacial score (nSPS) is 13.0. The first kappa shape index (κ1) is 115. The Morgan fingerprint density at radius 3 is 1.10 bits per heavy atom. The van der Waals surface area contributed by atoms with Crippen LogP contribution < -0.4 is 20.0 Å². The number of anilines is 3. The number of carbonyl (C=O) groups is 2. The second kappa shape index (κ2) is 81.1. The molecule has 0 spiro atoms. The van der Waals surface area contributed by atoms with E-state index < -0.39 is 0 Å². The molecule has 5 aliphatic rings. The summed E-state index contributed by atoms with van der Waals surface area (Å²) in [6, 6.07) is 70.0. The van der Waals surface area contributed by atoms with E-state index in [1.807, 2.05) is 260 Å². The quantitative estimate of drug-likeness (QED) is 0.172. The molecule has 11 nitrogen and oxygen atoms in total. The summed E-state index contributed by atoms with van der Waals surface area (Å²) < 4.78 is 0. The van der Waals surface area contributed by atoms with Crippen LogP contribution in [0.2, 0.25) is 0 Å². The van der Waals surface area contributed by atoms with Gasteiger partial charge in [-0.15, -0.1) is 49.9 Å². The van der Waals surface area contributed by atoms with Crippen molar-refractivity contribution in [1.82, 2.24) is 20.3 Å². The standard InChI is InChI=1S/2C13H14N3.C13H15N3.C11H12O.C8H9.C7H8.C7H7.C5H6O.10C2H6.CH4.2Y/c2*1-4-12-11(3-2-6-15-12)13(5-1)16-9-7-14-8-10-16;1-2-4-12-11(3-1)13(5-6-15-12)16-9-7-14-8-10-16;12-11-7-6-10(8-11)9-4-2-1-3-5-9;1-7-4-3-5-8(2)6-7;2*1-7-5-3-2-4-6-7;6-5-3-1-2-4-5;10*1-2;;;/h2*1-6H,7-10H2;1-6,14H,7-10H2;1-5,10H,6-8H2;3-6H,1H2,2H3;2-6H,1H3;2-6H,1H2;1,3H,2,4H2;10*1-2H3;1H4;;/q2*-1;;;-1;;-1;;;;;;;;;;;;;;. The summed E-state index contributed by atoms with van der Waals surface area (Å²) in [4.78, 5) is 41.6. The molecule has 10 aromatic rings. The fourth-order valence-electron chi connectivity index (χ4n) is 10.8. The fourth-order valence-corrected chi connectivity index (χ4v) is 10.8. The number of nitrogens with zero attached hydrogens (tertiary/aromatic N) is 8. The molecule has 1 unspecified atom stereocenters. The predicted octanol–water partition coefficient (Wildman–Crippen LogP) is 26.9. The summed E-state index contributed by atoms with van der Waals surface area (Å²) in [6.45, 7) is 63.8. The third kappa shape index (κ3) is 49.4. The van der Waals surface area contributed by atoms with E-state index in [0.717, 1.165) is 138 Å². The molecular formula is C98H149N9O2Y2-4. The maximum atomic E-state index is 11.0. The van der Waals surface area contributed by atoms with Gasteiger partial charge in [0, 0.05) is 163 Å². The Morgan fingerprint density at radius 2 is 0.748 bits per heavy atom. The van der Waals surface area contributed by atoms with Gasteiger partial charge in [-0.3, -0.25) is 24.5 Å². The van der Waals surface area contributed by atoms with Gasteiger partial charge < -0.3 is 30.7 Å². The predicted molar refractivity (Wildman–Crippen MR) is 490 cm³/mol. The molecule has 1 atom stereocenters. The Balaban J connectivity index is -0.000000278. The molecule has 2 aliphatic carbocycles. The van der Waals surface area contributed by atoms with Crippen molar-refractivity contribution in [2.45, 2.75) is 198 Å². The van der Waals surface area contributed by atoms with Crippen LogP contribution in [0.5, 0.6) is 0 Å². The van der Waals surface area contributed by atoms with Gasteiger partial charge in [-0.05, 0) is 124 Å². The number of allylic oxidation sites excluding steroid dienone is 2. The molecule has 7 aromatic carbocycles. The van der Waals surface area contributed by atoms with Crippen LogP contribution in [0.3, 0.4) is 0 Å². The summed E-state index contributed by atoms with van der Waals surface area (Å²) in [5.41, 5.74) is 13.2. The van der Waals surface area contributed by atoms with Crippen LogP contribution in [0.15, 0.2) is 237 Å². The number of aryl methyl sites for hydroxylation is 2. The van der Waals surface area contributed by atoms with E-state index >= 15 is 0 Å². The van der Waals surface area contributed by atoms with Crippen molar-refractivity contribution >= 4 is 61.3 Å². The van der Waals surface area contributed by atoms with Gasteiger partial charge in [0.1, 0.15) is 5.78 Å². The zero-order chi connectivity index (χ0) is 81.4. The maximum absolute atomic E-state index is 11.0. The Labute approximate surface area is 730 Å². The molecule has 608 valence electrons. The molecule has 0 bridgehead atoms. The van der Waals surface area contributed by atoms with Crippen molar-refractivity contribution in [2.24, 2.45) is 0 Å². The molecule has 4 fully saturated rings. The molecule has 3 saturated heterocycles. The average Bonchev–Trinajstić information content (AvgIpc) is 1.35. The average molecular weight is 1660 g/mol. The van der Waals surface area contributed by atoms with Crippen molar-refractivity contribution in [3.8, 4) is 0 Å². The van der Waals surface area contributed by atoms with Crippen LogP contribution in [0, 0.1) is 27.7 Å². The van der Waals surface area contributed by atoms with Crippen LogP contribution in [0.1, 0.15) is 212 Å². The first-order valence-corrected chi connectivity index (χ1v) is 40.9. The Hall–Kier alpha value is -6.92. The molecule has 3 aromatic heterocycles. The number of ketones is 2. The molecule has 1 N–H and O–H groups in total. The molecule has 111 heavy (non-hydrogen) atoms. The number of nitrogens with one attached hydrogen (secondary N) is 1. The van der Waals surface area contributed by atoms with Crippen molar-refractivity contribution in [3.05, 3.63) is 289 Å². The second-order valence-electron chi connectivity index (χ2n) is 22.0. The summed E-state index contributed by atoms with van der Waals surface area (Å²) in [5.74, 6) is 1.19. The fraction of sp³-hybridized carbons (Fsp3) is 0.418. The molecule has 13 heteroatoms. The van der Waals surface area contributed by atoms with Crippen LogP contribution in [0.4, 0.5) is 17.1 Å². The number of para-hydroxylation sites is 1. The molecule has 0 amide bonds. The first-order chi connectivity index (χ1) is 53.2. The topological polar surface area (TPSA) is 123 Å². The van der Waals surface area contributed by atoms with Gasteiger partial charge in [-0.2, -0.15) is 49.2 Å². The number of pyridine rings is 3. The van der Waals surface area contributed by atoms with Gasteiger partial charge in [0.15, 0.2) is 5.78 Å². The number of hydrogen-bond donors (Lipinski definition) is 1. The Bertz CT molecular complexity index is 3400. The largest absolute Gasteiger partial charge is 0.659 e. The van der Waals surface area contributed by atoms with E-state index in [0.29, 0.717) is 11.7 Å². The van der Waals surface area contributed by atoms with Crippen molar-refractivity contribution in [2.75, 3.05) is 93.2 Å². The van der Waals surface area contributed by atoms with Gasteiger partial charge >= 0.3 is 0 Å². The number of aromatic nitrogens is 3. The summed E-state index contributed by atoms with van der Waals surface area (Å²) in [5, 5.41) is 15.9. The van der Waals surface area contributed by atoms with Crippen molar-refractivity contribution < 1.29 is 75.0 Å². The van der Waals surface area contributed by atoms with Gasteiger partial charge in [0.05, 0.1) is 16.6 Å². The monoisotopic (exact) mass is 1660 g/mol. The van der Waals surface area contributed by atoms with Gasteiger partial charge in [0.2, 0.25) is 0 Å². The second-order valence-corrected chi connectivity index (χ2v) is 22.0. The van der Waals surface area contributed by atoms with E-state index in [2.05, 4.69) is 182 Å². The molecule has 3 aliphatic heterocycles. The molecular weight excluding hydrogens is 1510 g/mol. The van der Waals surface area contributed by atoms with E-state index in [1.165, 1.54) is 49.9 Å². The van der Waals surface area contributed by atoms with E-state index in [9.17, 15) is 9.59 Å². The minimum Gasteiger partial charge on any atom is -0.659 e. The van der Waals surface area contributed by atoms with Crippen LogP contribution in [-0.4, -0.2) is 105 Å². The van der Waals surface area contributed by atoms with Gasteiger partial charge in [0.25, 0.3) is 0 Å². The molecule has 2 radical (unpaired) electrons. The molecule has 1 saturated carbocycles. The SMILES string of the molecule is C.CC.CC.CC.CC.CC.CC.CC.CC.CC.CC.Cc1ccccc1.O=C1C=CCC1.O=C1CCC(c2ccccc2)C1.[CH2-]c1cccc(C)c1.[CH2-]c1ccccc1.[Y].[Y].c1cc(N2CC[N-]CC2)c2cccnc2c1.c1cc(N2CC[N-]CC2)c2cccnc2c1.c1ccc2c(N3CCNCC3)ccnc2c1. The van der Waals surface area contributed by atoms with Crippen LogP contribution >= 0.6 is 0 Å². The van der Waals surface area contributed by atoms with Crippen LogP contribution in [-0.2, 0) is 75.0 Å². The third-order valence-corrected chi connectivity index (χ3v) is 15.4. The van der Waals surface area contributed by atoms with E-state index in [1.54, 1.807) is 6.08 Å². The molecule has 15 rings (SSSR count). The zero-order valence-corrected chi connectivity index (χ0v) is 78.3. The number of hydrogen-bond acceptors (Lipinski definition) is 9. The van der Waals surface area contributed by atoms with Crippen molar-refractivity contribution in [1.29, 1.82) is 0 Å².